The molecule has 142 valence electrons. The molecule has 0 aliphatic rings. The van der Waals surface area contributed by atoms with Gasteiger partial charge in [-0.15, -0.1) is 0 Å². The number of para-hydroxylation sites is 1. The molecule has 3 rings (SSSR count). The Morgan fingerprint density at radius 1 is 1.04 bits per heavy atom. The summed E-state index contributed by atoms with van der Waals surface area (Å²) >= 11 is 3.46. The number of rotatable bonds is 7. The molecule has 3 aromatic carbocycles. The molecule has 0 aliphatic carbocycles. The molecular weight excluding hydrogens is 423 g/mol. The van der Waals surface area contributed by atoms with Crippen molar-refractivity contribution in [3.8, 4) is 11.5 Å². The lowest BCUT2D eigenvalue weighted by Crippen LogP contribution is -2.00. The summed E-state index contributed by atoms with van der Waals surface area (Å²) < 4.78 is 25.1. The van der Waals surface area contributed by atoms with E-state index in [4.69, 9.17) is 9.47 Å². The number of ketones is 1. The fourth-order valence-corrected chi connectivity index (χ4v) is 3.01. The molecule has 0 saturated heterocycles. The van der Waals surface area contributed by atoms with Crippen LogP contribution in [0.2, 0.25) is 0 Å². The van der Waals surface area contributed by atoms with E-state index in [-0.39, 0.29) is 11.6 Å². The van der Waals surface area contributed by atoms with Crippen molar-refractivity contribution >= 4 is 27.8 Å². The number of hydrogen-bond acceptors (Lipinski definition) is 3. The van der Waals surface area contributed by atoms with Crippen molar-refractivity contribution in [3.63, 3.8) is 0 Å². The quantitative estimate of drug-likeness (QED) is 0.330. The average molecular weight is 441 g/mol. The minimum absolute atomic E-state index is 0.193. The first-order valence-corrected chi connectivity index (χ1v) is 9.38. The maximum atomic E-state index is 13.0. The zero-order valence-electron chi connectivity index (χ0n) is 15.2. The molecule has 0 spiro atoms. The lowest BCUT2D eigenvalue weighted by molar-refractivity contribution is 0.104. The second-order valence-electron chi connectivity index (χ2n) is 5.99. The number of allylic oxidation sites excluding steroid dienone is 1. The highest BCUT2D eigenvalue weighted by Gasteiger charge is 2.07. The summed E-state index contributed by atoms with van der Waals surface area (Å²) in [5.41, 5.74) is 2.13. The molecule has 0 saturated carbocycles. The van der Waals surface area contributed by atoms with E-state index in [0.717, 1.165) is 21.3 Å². The van der Waals surface area contributed by atoms with Crippen LogP contribution in [0.1, 0.15) is 21.5 Å². The fourth-order valence-electron chi connectivity index (χ4n) is 2.61. The molecule has 0 unspecified atom stereocenters. The molecule has 3 aromatic rings. The van der Waals surface area contributed by atoms with E-state index in [2.05, 4.69) is 15.9 Å². The van der Waals surface area contributed by atoms with Gasteiger partial charge in [-0.3, -0.25) is 4.79 Å². The van der Waals surface area contributed by atoms with Crippen LogP contribution in [-0.2, 0) is 6.61 Å². The van der Waals surface area contributed by atoms with Gasteiger partial charge in [-0.05, 0) is 76.1 Å². The topological polar surface area (TPSA) is 35.5 Å². The van der Waals surface area contributed by atoms with E-state index in [0.29, 0.717) is 17.9 Å². The number of benzene rings is 3. The van der Waals surface area contributed by atoms with E-state index in [1.54, 1.807) is 13.2 Å². The summed E-state index contributed by atoms with van der Waals surface area (Å²) in [4.78, 5) is 12.2. The Balaban J connectivity index is 1.75. The Morgan fingerprint density at radius 3 is 2.50 bits per heavy atom. The van der Waals surface area contributed by atoms with E-state index in [1.165, 1.54) is 30.3 Å². The molecule has 0 amide bonds. The number of carbonyl (C=O) groups excluding carboxylic acids is 1. The number of carbonyl (C=O) groups is 1. The van der Waals surface area contributed by atoms with E-state index >= 15 is 0 Å². The molecule has 0 N–H and O–H groups in total. The summed E-state index contributed by atoms with van der Waals surface area (Å²) in [6.07, 6.45) is 3.18. The van der Waals surface area contributed by atoms with Crippen LogP contribution in [0, 0.1) is 5.82 Å². The number of hydrogen-bond donors (Lipinski definition) is 0. The van der Waals surface area contributed by atoms with Crippen LogP contribution in [0.3, 0.4) is 0 Å². The molecule has 0 fully saturated rings. The molecule has 0 aromatic heterocycles. The Labute approximate surface area is 171 Å². The van der Waals surface area contributed by atoms with Gasteiger partial charge in [0.15, 0.2) is 5.78 Å². The Hall–Kier alpha value is -2.92. The van der Waals surface area contributed by atoms with Crippen LogP contribution in [0.5, 0.6) is 11.5 Å². The van der Waals surface area contributed by atoms with Gasteiger partial charge in [0.1, 0.15) is 23.9 Å². The van der Waals surface area contributed by atoms with Crippen LogP contribution in [-0.4, -0.2) is 12.9 Å². The van der Waals surface area contributed by atoms with Crippen molar-refractivity contribution in [2.75, 3.05) is 7.11 Å². The van der Waals surface area contributed by atoms with E-state index in [1.807, 2.05) is 42.5 Å². The summed E-state index contributed by atoms with van der Waals surface area (Å²) in [7, 11) is 1.60. The molecule has 28 heavy (non-hydrogen) atoms. The molecule has 0 heterocycles. The Bertz CT molecular complexity index is 997. The molecular formula is C23H18BrFO3. The average Bonchev–Trinajstić information content (AvgIpc) is 2.72. The first-order valence-electron chi connectivity index (χ1n) is 8.59. The summed E-state index contributed by atoms with van der Waals surface area (Å²) in [5, 5.41) is 0. The van der Waals surface area contributed by atoms with Crippen molar-refractivity contribution in [2.24, 2.45) is 0 Å². The van der Waals surface area contributed by atoms with Crippen molar-refractivity contribution < 1.29 is 18.7 Å². The maximum absolute atomic E-state index is 13.0. The highest BCUT2D eigenvalue weighted by Crippen LogP contribution is 2.27. The highest BCUT2D eigenvalue weighted by atomic mass is 79.9. The second-order valence-corrected chi connectivity index (χ2v) is 6.85. The number of halogens is 2. The lowest BCUT2D eigenvalue weighted by Gasteiger charge is -2.12. The first-order chi connectivity index (χ1) is 13.6. The van der Waals surface area contributed by atoms with Crippen molar-refractivity contribution in [3.05, 3.63) is 99.8 Å². The summed E-state index contributed by atoms with van der Waals surface area (Å²) in [6.45, 7) is 0.319. The van der Waals surface area contributed by atoms with Gasteiger partial charge in [0.05, 0.1) is 11.6 Å². The molecule has 0 radical (unpaired) electrons. The van der Waals surface area contributed by atoms with Gasteiger partial charge in [0, 0.05) is 11.1 Å². The largest absolute Gasteiger partial charge is 0.496 e. The third-order valence-corrected chi connectivity index (χ3v) is 4.74. The van der Waals surface area contributed by atoms with Gasteiger partial charge < -0.3 is 9.47 Å². The van der Waals surface area contributed by atoms with Gasteiger partial charge in [0.2, 0.25) is 0 Å². The second kappa shape index (κ2) is 9.33. The van der Waals surface area contributed by atoms with Crippen LogP contribution < -0.4 is 9.47 Å². The van der Waals surface area contributed by atoms with Gasteiger partial charge in [-0.2, -0.15) is 0 Å². The third-order valence-electron chi connectivity index (χ3n) is 4.08. The zero-order chi connectivity index (χ0) is 19.9. The molecule has 0 bridgehead atoms. The van der Waals surface area contributed by atoms with E-state index < -0.39 is 0 Å². The molecule has 3 nitrogen and oxygen atoms in total. The van der Waals surface area contributed by atoms with Crippen LogP contribution >= 0.6 is 15.9 Å². The van der Waals surface area contributed by atoms with Gasteiger partial charge in [-0.25, -0.2) is 4.39 Å². The highest BCUT2D eigenvalue weighted by molar-refractivity contribution is 9.10. The number of methoxy groups -OCH3 is 1. The van der Waals surface area contributed by atoms with E-state index in [9.17, 15) is 9.18 Å². The maximum Gasteiger partial charge on any atom is 0.185 e. The fraction of sp³-hybridized carbons (Fsp3) is 0.0870. The SMILES string of the molecule is COc1ccc(/C=C/C(=O)c2ccc(F)cc2)cc1COc1ccccc1Br. The predicted molar refractivity (Wildman–Crippen MR) is 111 cm³/mol. The van der Waals surface area contributed by atoms with Gasteiger partial charge in [0.25, 0.3) is 0 Å². The third kappa shape index (κ3) is 5.08. The van der Waals surface area contributed by atoms with Crippen LogP contribution in [0.25, 0.3) is 6.08 Å². The molecule has 5 heteroatoms. The predicted octanol–water partition coefficient (Wildman–Crippen LogP) is 6.07. The molecule has 0 atom stereocenters. The monoisotopic (exact) mass is 440 g/mol. The normalized spacial score (nSPS) is 10.8. The zero-order valence-corrected chi connectivity index (χ0v) is 16.8. The molecule has 0 aliphatic heterocycles. The van der Waals surface area contributed by atoms with Gasteiger partial charge >= 0.3 is 0 Å². The van der Waals surface area contributed by atoms with Crippen LogP contribution in [0.4, 0.5) is 4.39 Å². The Kier molecular flexibility index (Phi) is 6.61. The first kappa shape index (κ1) is 19.8. The lowest BCUT2D eigenvalue weighted by atomic mass is 10.1. The minimum atomic E-state index is -0.370. The van der Waals surface area contributed by atoms with Gasteiger partial charge in [-0.1, -0.05) is 24.3 Å². The van der Waals surface area contributed by atoms with Crippen molar-refractivity contribution in [1.82, 2.24) is 0 Å². The summed E-state index contributed by atoms with van der Waals surface area (Å²) in [6, 6.07) is 18.7. The van der Waals surface area contributed by atoms with Crippen molar-refractivity contribution in [2.45, 2.75) is 6.61 Å². The number of ether oxygens (including phenoxy) is 2. The van der Waals surface area contributed by atoms with Crippen LogP contribution in [0.15, 0.2) is 77.3 Å². The summed E-state index contributed by atoms with van der Waals surface area (Å²) in [5.74, 6) is 0.873. The smallest absolute Gasteiger partial charge is 0.185 e. The minimum Gasteiger partial charge on any atom is -0.496 e. The standard InChI is InChI=1S/C23H18BrFO3/c1-27-22-13-7-16(6-12-21(26)17-8-10-19(25)11-9-17)14-18(22)15-28-23-5-3-2-4-20(23)24/h2-14H,15H2,1H3/b12-6+. The Morgan fingerprint density at radius 2 is 1.79 bits per heavy atom. The van der Waals surface area contributed by atoms with Crippen molar-refractivity contribution in [1.29, 1.82) is 0 Å².